The van der Waals surface area contributed by atoms with Crippen molar-refractivity contribution >= 4 is 49.3 Å². The Morgan fingerprint density at radius 3 is 1.10 bits per heavy atom. The molecule has 4 nitrogen and oxygen atoms in total. The SMILES string of the molecule is [C-]#[N+]c1cccc(C(F)(F)F)c1-c1c(-n2c3cc(C(C)(C)C)ccc3c3ccc(C(C)(C)C)cc32)cc(C#N)cc1-n1c2cc(C(C)(C)C)ccc2c2ccc(C(C)(C)C)cc21. The van der Waals surface area contributed by atoms with Gasteiger partial charge < -0.3 is 9.13 Å². The van der Waals surface area contributed by atoms with E-state index in [4.69, 9.17) is 6.57 Å². The molecule has 0 atom stereocenters. The lowest BCUT2D eigenvalue weighted by molar-refractivity contribution is -0.137. The Kier molecular flexibility index (Phi) is 9.65. The Hall–Kier alpha value is -6.31. The van der Waals surface area contributed by atoms with E-state index in [9.17, 15) is 5.26 Å². The Morgan fingerprint density at radius 1 is 0.484 bits per heavy atom. The summed E-state index contributed by atoms with van der Waals surface area (Å²) in [6.45, 7) is 34.1. The topological polar surface area (TPSA) is 38.0 Å². The molecule has 0 unspecified atom stereocenters. The summed E-state index contributed by atoms with van der Waals surface area (Å²) in [4.78, 5) is 3.81. The molecule has 8 aromatic rings. The van der Waals surface area contributed by atoms with Gasteiger partial charge in [0.15, 0.2) is 5.69 Å². The van der Waals surface area contributed by atoms with Crippen molar-refractivity contribution in [3.63, 3.8) is 0 Å². The molecule has 0 aliphatic carbocycles. The normalized spacial score (nSPS) is 13.0. The first-order chi connectivity index (χ1) is 28.8. The lowest BCUT2D eigenvalue weighted by Gasteiger charge is -2.25. The average molecular weight is 827 g/mol. The molecule has 0 amide bonds. The third-order valence-corrected chi connectivity index (χ3v) is 12.4. The Morgan fingerprint density at radius 2 is 0.823 bits per heavy atom. The lowest BCUT2D eigenvalue weighted by Crippen LogP contribution is -2.13. The zero-order chi connectivity index (χ0) is 45.1. The van der Waals surface area contributed by atoms with E-state index in [1.54, 1.807) is 12.1 Å². The van der Waals surface area contributed by atoms with Gasteiger partial charge in [-0.1, -0.05) is 150 Å². The lowest BCUT2D eigenvalue weighted by atomic mass is 9.86. The van der Waals surface area contributed by atoms with Crippen LogP contribution in [0, 0.1) is 17.9 Å². The van der Waals surface area contributed by atoms with E-state index < -0.39 is 11.7 Å². The van der Waals surface area contributed by atoms with Crippen LogP contribution in [0.25, 0.3) is 71.0 Å². The molecule has 0 saturated heterocycles. The number of nitrogens with zero attached hydrogens (tertiary/aromatic N) is 4. The maximum Gasteiger partial charge on any atom is 0.415 e. The third kappa shape index (κ3) is 7.02. The van der Waals surface area contributed by atoms with Crippen molar-refractivity contribution in [1.29, 1.82) is 5.26 Å². The van der Waals surface area contributed by atoms with E-state index in [1.807, 2.05) is 9.13 Å². The molecule has 8 rings (SSSR count). The van der Waals surface area contributed by atoms with Gasteiger partial charge in [-0.25, -0.2) is 4.85 Å². The first-order valence-electron chi connectivity index (χ1n) is 21.2. The van der Waals surface area contributed by atoms with Crippen molar-refractivity contribution in [2.75, 3.05) is 0 Å². The van der Waals surface area contributed by atoms with Gasteiger partial charge in [-0.2, -0.15) is 18.4 Å². The summed E-state index contributed by atoms with van der Waals surface area (Å²) in [5.74, 6) is 0. The molecular formula is C55H53F3N4. The van der Waals surface area contributed by atoms with Gasteiger partial charge >= 0.3 is 6.18 Å². The van der Waals surface area contributed by atoms with Crippen LogP contribution in [-0.4, -0.2) is 9.13 Å². The van der Waals surface area contributed by atoms with E-state index in [2.05, 4.69) is 167 Å². The smallest absolute Gasteiger partial charge is 0.309 e. The van der Waals surface area contributed by atoms with E-state index in [0.29, 0.717) is 11.4 Å². The number of halogens is 3. The van der Waals surface area contributed by atoms with E-state index >= 15 is 13.2 Å². The van der Waals surface area contributed by atoms with Crippen molar-refractivity contribution in [3.05, 3.63) is 148 Å². The van der Waals surface area contributed by atoms with Gasteiger partial charge in [0.25, 0.3) is 0 Å². The predicted octanol–water partition coefficient (Wildman–Crippen LogP) is 16.2. The fraction of sp³-hybridized carbons (Fsp3) is 0.309. The fourth-order valence-corrected chi connectivity index (χ4v) is 8.84. The van der Waals surface area contributed by atoms with Gasteiger partial charge in [-0.05, 0) is 80.3 Å². The van der Waals surface area contributed by atoms with Gasteiger partial charge in [-0.3, -0.25) is 0 Å². The highest BCUT2D eigenvalue weighted by atomic mass is 19.4. The summed E-state index contributed by atoms with van der Waals surface area (Å²) in [5.41, 5.74) is 6.31. The Bertz CT molecular complexity index is 2910. The molecule has 0 bridgehead atoms. The zero-order valence-corrected chi connectivity index (χ0v) is 37.7. The van der Waals surface area contributed by atoms with Crippen LogP contribution in [-0.2, 0) is 27.8 Å². The van der Waals surface area contributed by atoms with Crippen molar-refractivity contribution in [3.8, 4) is 28.6 Å². The molecule has 0 aliphatic rings. The second-order valence-electron chi connectivity index (χ2n) is 20.9. The summed E-state index contributed by atoms with van der Waals surface area (Å²) < 4.78 is 51.3. The molecule has 0 radical (unpaired) electrons. The van der Waals surface area contributed by atoms with Crippen molar-refractivity contribution in [1.82, 2.24) is 9.13 Å². The first kappa shape index (κ1) is 42.4. The van der Waals surface area contributed by atoms with Crippen LogP contribution >= 0.6 is 0 Å². The Balaban J connectivity index is 1.71. The number of hydrogen-bond acceptors (Lipinski definition) is 1. The largest absolute Gasteiger partial charge is 0.415 e. The summed E-state index contributed by atoms with van der Waals surface area (Å²) in [6, 6.07) is 35.1. The number of fused-ring (bicyclic) bond motifs is 6. The molecule has 7 heteroatoms. The molecule has 0 N–H and O–H groups in total. The van der Waals surface area contributed by atoms with Crippen LogP contribution in [0.2, 0.25) is 0 Å². The van der Waals surface area contributed by atoms with E-state index in [-0.39, 0.29) is 44.0 Å². The first-order valence-corrected chi connectivity index (χ1v) is 21.2. The van der Waals surface area contributed by atoms with E-state index in [0.717, 1.165) is 71.9 Å². The highest BCUT2D eigenvalue weighted by molar-refractivity contribution is 6.13. The van der Waals surface area contributed by atoms with Gasteiger partial charge in [-0.15, -0.1) is 0 Å². The van der Waals surface area contributed by atoms with Crippen LogP contribution in [0.5, 0.6) is 0 Å². The van der Waals surface area contributed by atoms with Crippen LogP contribution in [0.15, 0.2) is 103 Å². The van der Waals surface area contributed by atoms with Gasteiger partial charge in [0.1, 0.15) is 0 Å². The highest BCUT2D eigenvalue weighted by Gasteiger charge is 2.37. The third-order valence-electron chi connectivity index (χ3n) is 12.4. The quantitative estimate of drug-likeness (QED) is 0.164. The molecular weight excluding hydrogens is 774 g/mol. The van der Waals surface area contributed by atoms with Crippen molar-refractivity contribution in [2.24, 2.45) is 0 Å². The minimum absolute atomic E-state index is 0.134. The number of rotatable bonds is 3. The standard InChI is InChI=1S/C55H53F3N4/c1-51(2,3)33-17-21-37-38-22-18-34(52(4,5)6)28-44(38)61(43(37)27-33)47-25-32(31-59)26-48(50(47)49-41(55(56,57)58)15-14-16-42(49)60-13)62-45-29-35(53(7,8)9)19-23-39(45)40-24-20-36(30-46(40)62)54(10,11)12/h14-30H,1-12H3. The van der Waals surface area contributed by atoms with Crippen molar-refractivity contribution in [2.45, 2.75) is 111 Å². The number of benzene rings is 6. The molecule has 0 fully saturated rings. The monoisotopic (exact) mass is 826 g/mol. The average Bonchev–Trinajstić information content (AvgIpc) is 3.69. The molecule has 62 heavy (non-hydrogen) atoms. The molecule has 2 heterocycles. The number of aromatic nitrogens is 2. The van der Waals surface area contributed by atoms with Crippen LogP contribution in [0.4, 0.5) is 18.9 Å². The maximum atomic E-state index is 15.7. The number of hydrogen-bond donors (Lipinski definition) is 0. The minimum Gasteiger partial charge on any atom is -0.309 e. The number of alkyl halides is 3. The maximum absolute atomic E-state index is 15.7. The van der Waals surface area contributed by atoms with Gasteiger partial charge in [0.2, 0.25) is 0 Å². The molecule has 0 saturated carbocycles. The predicted molar refractivity (Wildman–Crippen MR) is 251 cm³/mol. The second kappa shape index (κ2) is 14.1. The highest BCUT2D eigenvalue weighted by Crippen LogP contribution is 2.50. The zero-order valence-electron chi connectivity index (χ0n) is 37.7. The molecule has 6 aromatic carbocycles. The van der Waals surface area contributed by atoms with Crippen LogP contribution < -0.4 is 0 Å². The van der Waals surface area contributed by atoms with Gasteiger partial charge in [0, 0.05) is 32.7 Å². The second-order valence-corrected chi connectivity index (χ2v) is 20.9. The summed E-state index contributed by atoms with van der Waals surface area (Å²) in [6.07, 6.45) is -4.82. The summed E-state index contributed by atoms with van der Waals surface area (Å²) >= 11 is 0. The summed E-state index contributed by atoms with van der Waals surface area (Å²) in [7, 11) is 0. The number of nitriles is 1. The molecule has 0 aliphatic heterocycles. The van der Waals surface area contributed by atoms with Gasteiger partial charge in [0.05, 0.1) is 57.2 Å². The fourth-order valence-electron chi connectivity index (χ4n) is 8.84. The van der Waals surface area contributed by atoms with Crippen LogP contribution in [0.3, 0.4) is 0 Å². The van der Waals surface area contributed by atoms with E-state index in [1.165, 1.54) is 12.1 Å². The summed E-state index contributed by atoms with van der Waals surface area (Å²) in [5, 5.41) is 14.7. The van der Waals surface area contributed by atoms with Crippen molar-refractivity contribution < 1.29 is 13.2 Å². The molecule has 0 spiro atoms. The Labute approximate surface area is 363 Å². The van der Waals surface area contributed by atoms with Crippen LogP contribution in [0.1, 0.15) is 116 Å². The molecule has 314 valence electrons. The molecule has 2 aromatic heterocycles. The minimum atomic E-state index is -4.82.